The Balaban J connectivity index is 1.56. The molecule has 1 fully saturated rings. The molecule has 1 aliphatic rings. The molecular formula is C19H22N2O5S. The van der Waals surface area contributed by atoms with Crippen molar-refractivity contribution in [3.8, 4) is 0 Å². The van der Waals surface area contributed by atoms with Crippen LogP contribution in [0.2, 0.25) is 0 Å². The van der Waals surface area contributed by atoms with Crippen LogP contribution in [0, 0.1) is 5.92 Å². The molecule has 0 bridgehead atoms. The van der Waals surface area contributed by atoms with E-state index in [1.807, 2.05) is 31.2 Å². The van der Waals surface area contributed by atoms with Gasteiger partial charge in [-0.2, -0.15) is 0 Å². The van der Waals surface area contributed by atoms with Gasteiger partial charge in [-0.1, -0.05) is 25.1 Å². The number of sulfone groups is 1. The molecule has 2 aromatic rings. The van der Waals surface area contributed by atoms with Gasteiger partial charge in [0.05, 0.1) is 11.5 Å². The predicted octanol–water partition coefficient (Wildman–Crippen LogP) is 1.98. The van der Waals surface area contributed by atoms with Crippen LogP contribution in [0.1, 0.15) is 31.1 Å². The van der Waals surface area contributed by atoms with E-state index in [-0.39, 0.29) is 23.8 Å². The van der Waals surface area contributed by atoms with E-state index in [2.05, 4.69) is 10.9 Å². The average molecular weight is 390 g/mol. The number of amides is 2. The third kappa shape index (κ3) is 4.77. The van der Waals surface area contributed by atoms with Crippen LogP contribution in [0.15, 0.2) is 34.8 Å². The molecular weight excluding hydrogens is 368 g/mol. The number of rotatable bonds is 5. The number of hydrazine groups is 1. The lowest BCUT2D eigenvalue weighted by Crippen LogP contribution is -2.41. The maximum atomic E-state index is 12.0. The van der Waals surface area contributed by atoms with Gasteiger partial charge in [0.15, 0.2) is 9.84 Å². The Kier molecular flexibility index (Phi) is 5.65. The maximum absolute atomic E-state index is 12.0. The van der Waals surface area contributed by atoms with Crippen LogP contribution < -0.4 is 10.9 Å². The number of furan rings is 1. The van der Waals surface area contributed by atoms with Gasteiger partial charge >= 0.3 is 0 Å². The second-order valence-corrected chi connectivity index (χ2v) is 8.86. The molecule has 1 aromatic carbocycles. The molecule has 0 unspecified atom stereocenters. The first kappa shape index (κ1) is 19.2. The van der Waals surface area contributed by atoms with E-state index >= 15 is 0 Å². The van der Waals surface area contributed by atoms with Crippen molar-refractivity contribution in [3.63, 3.8) is 0 Å². The number of aryl methyl sites for hydroxylation is 1. The van der Waals surface area contributed by atoms with Gasteiger partial charge in [-0.3, -0.25) is 20.4 Å². The lowest BCUT2D eigenvalue weighted by atomic mass is 10.1. The van der Waals surface area contributed by atoms with Crippen LogP contribution >= 0.6 is 0 Å². The number of para-hydroxylation sites is 1. The van der Waals surface area contributed by atoms with Gasteiger partial charge in [-0.05, 0) is 24.5 Å². The first-order chi connectivity index (χ1) is 12.9. The zero-order chi connectivity index (χ0) is 19.4. The van der Waals surface area contributed by atoms with Crippen molar-refractivity contribution in [1.82, 2.24) is 10.9 Å². The molecule has 3 rings (SSSR count). The number of nitrogens with one attached hydrogen (secondary N) is 2. The van der Waals surface area contributed by atoms with Crippen molar-refractivity contribution in [2.75, 3.05) is 11.5 Å². The number of hydrogen-bond acceptors (Lipinski definition) is 5. The van der Waals surface area contributed by atoms with Gasteiger partial charge in [-0.25, -0.2) is 8.42 Å². The van der Waals surface area contributed by atoms with Crippen LogP contribution in [0.25, 0.3) is 17.0 Å². The van der Waals surface area contributed by atoms with Crippen LogP contribution in [0.4, 0.5) is 0 Å². The smallest absolute Gasteiger partial charge is 0.262 e. The molecule has 1 saturated heterocycles. The molecule has 2 heterocycles. The van der Waals surface area contributed by atoms with Crippen molar-refractivity contribution < 1.29 is 22.4 Å². The summed E-state index contributed by atoms with van der Waals surface area (Å²) in [6, 6.07) is 7.58. The molecule has 144 valence electrons. The minimum atomic E-state index is -3.02. The highest BCUT2D eigenvalue weighted by Gasteiger charge is 2.29. The molecule has 7 nitrogen and oxygen atoms in total. The van der Waals surface area contributed by atoms with Crippen molar-refractivity contribution in [2.45, 2.75) is 26.2 Å². The minimum Gasteiger partial charge on any atom is -0.460 e. The Hall–Kier alpha value is -2.61. The summed E-state index contributed by atoms with van der Waals surface area (Å²) in [6.45, 7) is 1.97. The standard InChI is InChI=1S/C19H22N2O5S/c1-2-16-15(14-5-3-4-6-17(14)26-16)7-8-18(22)20-21-19(23)11-13-9-10-27(24,25)12-13/h3-8,13H,2,9-12H2,1H3,(H,20,22)(H,21,23)/b8-7+/t13-/m1/s1. The number of benzene rings is 1. The van der Waals surface area contributed by atoms with Gasteiger partial charge < -0.3 is 4.42 Å². The normalized spacial score (nSPS) is 18.8. The molecule has 0 saturated carbocycles. The fourth-order valence-electron chi connectivity index (χ4n) is 3.24. The predicted molar refractivity (Wildman–Crippen MR) is 102 cm³/mol. The van der Waals surface area contributed by atoms with Crippen LogP contribution in [0.5, 0.6) is 0 Å². The second-order valence-electron chi connectivity index (χ2n) is 6.63. The van der Waals surface area contributed by atoms with Crippen LogP contribution in [0.3, 0.4) is 0 Å². The summed E-state index contributed by atoms with van der Waals surface area (Å²) in [5.41, 5.74) is 6.24. The fourth-order valence-corrected chi connectivity index (χ4v) is 5.10. The largest absolute Gasteiger partial charge is 0.460 e. The van der Waals surface area contributed by atoms with E-state index in [4.69, 9.17) is 4.42 Å². The summed E-state index contributed by atoms with van der Waals surface area (Å²) in [6.07, 6.45) is 4.25. The van der Waals surface area contributed by atoms with Crippen molar-refractivity contribution >= 4 is 38.7 Å². The zero-order valence-corrected chi connectivity index (χ0v) is 15.8. The van der Waals surface area contributed by atoms with Gasteiger partial charge in [-0.15, -0.1) is 0 Å². The summed E-state index contributed by atoms with van der Waals surface area (Å²) in [4.78, 5) is 23.8. The Morgan fingerprint density at radius 2 is 2.04 bits per heavy atom. The van der Waals surface area contributed by atoms with Gasteiger partial charge in [0.25, 0.3) is 5.91 Å². The summed E-state index contributed by atoms with van der Waals surface area (Å²) < 4.78 is 28.6. The third-order valence-electron chi connectivity index (χ3n) is 4.56. The van der Waals surface area contributed by atoms with Crippen LogP contribution in [-0.4, -0.2) is 31.7 Å². The molecule has 1 aromatic heterocycles. The molecule has 1 atom stereocenters. The van der Waals surface area contributed by atoms with Crippen molar-refractivity contribution in [3.05, 3.63) is 41.7 Å². The first-order valence-corrected chi connectivity index (χ1v) is 10.7. The minimum absolute atomic E-state index is 0.0294. The van der Waals surface area contributed by atoms with Crippen molar-refractivity contribution in [1.29, 1.82) is 0 Å². The Labute approximate surface area is 157 Å². The molecule has 27 heavy (non-hydrogen) atoms. The molecule has 0 radical (unpaired) electrons. The lowest BCUT2D eigenvalue weighted by molar-refractivity contribution is -0.127. The van der Waals surface area contributed by atoms with E-state index in [0.29, 0.717) is 12.8 Å². The summed E-state index contributed by atoms with van der Waals surface area (Å²) in [5, 5.41) is 0.921. The Morgan fingerprint density at radius 3 is 2.74 bits per heavy atom. The van der Waals surface area contributed by atoms with Gasteiger partial charge in [0.1, 0.15) is 11.3 Å². The number of hydrogen-bond donors (Lipinski definition) is 2. The van der Waals surface area contributed by atoms with E-state index in [9.17, 15) is 18.0 Å². The van der Waals surface area contributed by atoms with E-state index in [1.165, 1.54) is 6.08 Å². The summed E-state index contributed by atoms with van der Waals surface area (Å²) in [5.74, 6) is -0.129. The number of fused-ring (bicyclic) bond motifs is 1. The Morgan fingerprint density at radius 1 is 1.26 bits per heavy atom. The number of carbonyl (C=O) groups is 2. The third-order valence-corrected chi connectivity index (χ3v) is 6.40. The fraction of sp³-hybridized carbons (Fsp3) is 0.368. The molecule has 1 aliphatic heterocycles. The molecule has 2 amide bonds. The molecule has 0 spiro atoms. The molecule has 8 heteroatoms. The monoisotopic (exact) mass is 390 g/mol. The second kappa shape index (κ2) is 7.96. The van der Waals surface area contributed by atoms with Gasteiger partial charge in [0.2, 0.25) is 5.91 Å². The van der Waals surface area contributed by atoms with Gasteiger partial charge in [0, 0.05) is 29.9 Å². The highest BCUT2D eigenvalue weighted by atomic mass is 32.2. The molecule has 0 aliphatic carbocycles. The maximum Gasteiger partial charge on any atom is 0.262 e. The van der Waals surface area contributed by atoms with E-state index in [1.54, 1.807) is 6.08 Å². The lowest BCUT2D eigenvalue weighted by Gasteiger charge is -2.08. The van der Waals surface area contributed by atoms with E-state index < -0.39 is 21.7 Å². The molecule has 2 N–H and O–H groups in total. The topological polar surface area (TPSA) is 105 Å². The quantitative estimate of drug-likeness (QED) is 0.600. The Bertz CT molecular complexity index is 991. The summed E-state index contributed by atoms with van der Waals surface area (Å²) >= 11 is 0. The van der Waals surface area contributed by atoms with Crippen molar-refractivity contribution in [2.24, 2.45) is 5.92 Å². The zero-order valence-electron chi connectivity index (χ0n) is 15.0. The van der Waals surface area contributed by atoms with Crippen LogP contribution in [-0.2, 0) is 25.8 Å². The highest BCUT2D eigenvalue weighted by molar-refractivity contribution is 7.91. The first-order valence-electron chi connectivity index (χ1n) is 8.85. The highest BCUT2D eigenvalue weighted by Crippen LogP contribution is 2.27. The van der Waals surface area contributed by atoms with E-state index in [0.717, 1.165) is 22.3 Å². The SMILES string of the molecule is CCc1oc2ccccc2c1/C=C/C(=O)NNC(=O)C[C@H]1CCS(=O)(=O)C1. The number of carbonyl (C=O) groups excluding carboxylic acids is 2. The summed E-state index contributed by atoms with van der Waals surface area (Å²) in [7, 11) is -3.02. The average Bonchev–Trinajstić information content (AvgIpc) is 3.17.